The molecule has 0 radical (unpaired) electrons. The highest BCUT2D eigenvalue weighted by Crippen LogP contribution is 2.51. The van der Waals surface area contributed by atoms with E-state index in [-0.39, 0.29) is 5.41 Å². The van der Waals surface area contributed by atoms with Crippen LogP contribution in [0.25, 0.3) is 0 Å². The van der Waals surface area contributed by atoms with Gasteiger partial charge in [0.05, 0.1) is 19.3 Å². The molecule has 1 aliphatic carbocycles. The number of rotatable bonds is 9. The van der Waals surface area contributed by atoms with E-state index in [4.69, 9.17) is 9.73 Å². The van der Waals surface area contributed by atoms with Crippen LogP contribution in [0.1, 0.15) is 43.1 Å². The van der Waals surface area contributed by atoms with Crippen molar-refractivity contribution in [3.05, 3.63) is 47.3 Å². The number of hydrogen-bond donors (Lipinski definition) is 2. The minimum Gasteiger partial charge on any atom is -0.496 e. The van der Waals surface area contributed by atoms with E-state index in [0.717, 1.165) is 62.8 Å². The van der Waals surface area contributed by atoms with E-state index in [1.807, 2.05) is 19.1 Å². The quantitative estimate of drug-likeness (QED) is 0.397. The van der Waals surface area contributed by atoms with Gasteiger partial charge in [0.25, 0.3) is 0 Å². The Hall–Kier alpha value is -2.50. The summed E-state index contributed by atoms with van der Waals surface area (Å²) in [6.07, 6.45) is 3.33. The van der Waals surface area contributed by atoms with Gasteiger partial charge in [-0.15, -0.1) is 0 Å². The second-order valence-electron chi connectivity index (χ2n) is 7.61. The van der Waals surface area contributed by atoms with Crippen LogP contribution in [0.3, 0.4) is 0 Å². The molecule has 1 aromatic carbocycles. The van der Waals surface area contributed by atoms with Crippen LogP contribution >= 0.6 is 0 Å². The van der Waals surface area contributed by atoms with Gasteiger partial charge in [0.1, 0.15) is 5.75 Å². The molecular formula is C22H33N5O. The lowest BCUT2D eigenvalue weighted by molar-refractivity contribution is 0.404. The number of nitrogens with one attached hydrogen (secondary N) is 2. The van der Waals surface area contributed by atoms with E-state index in [9.17, 15) is 0 Å². The lowest BCUT2D eigenvalue weighted by Gasteiger charge is -2.18. The molecule has 1 saturated carbocycles. The van der Waals surface area contributed by atoms with E-state index in [0.29, 0.717) is 0 Å². The fraction of sp³-hybridized carbons (Fsp3) is 0.545. The molecule has 0 unspecified atom stereocenters. The van der Waals surface area contributed by atoms with Crippen LogP contribution in [0.15, 0.2) is 35.3 Å². The van der Waals surface area contributed by atoms with Crippen molar-refractivity contribution in [1.82, 2.24) is 20.4 Å². The summed E-state index contributed by atoms with van der Waals surface area (Å²) >= 11 is 0. The van der Waals surface area contributed by atoms with E-state index < -0.39 is 0 Å². The Labute approximate surface area is 168 Å². The molecule has 2 N–H and O–H groups in total. The van der Waals surface area contributed by atoms with Gasteiger partial charge in [0, 0.05) is 36.3 Å². The second kappa shape index (κ2) is 9.13. The number of aryl methyl sites for hydroxylation is 3. The molecule has 1 fully saturated rings. The molecule has 152 valence electrons. The van der Waals surface area contributed by atoms with E-state index >= 15 is 0 Å². The van der Waals surface area contributed by atoms with Crippen molar-refractivity contribution in [3.63, 3.8) is 0 Å². The van der Waals surface area contributed by atoms with Crippen molar-refractivity contribution in [1.29, 1.82) is 0 Å². The van der Waals surface area contributed by atoms with Gasteiger partial charge in [0.15, 0.2) is 5.96 Å². The van der Waals surface area contributed by atoms with Crippen LogP contribution in [0.4, 0.5) is 0 Å². The summed E-state index contributed by atoms with van der Waals surface area (Å²) in [7, 11) is 1.74. The van der Waals surface area contributed by atoms with E-state index in [1.54, 1.807) is 7.11 Å². The lowest BCUT2D eigenvalue weighted by Crippen LogP contribution is -2.38. The highest BCUT2D eigenvalue weighted by Gasteiger charge is 2.46. The largest absolute Gasteiger partial charge is 0.496 e. The minimum atomic E-state index is 0.124. The number of guanidine groups is 1. The zero-order valence-corrected chi connectivity index (χ0v) is 17.6. The van der Waals surface area contributed by atoms with Crippen LogP contribution in [0.2, 0.25) is 0 Å². The molecule has 1 aliphatic rings. The average molecular weight is 384 g/mol. The fourth-order valence-electron chi connectivity index (χ4n) is 3.66. The lowest BCUT2D eigenvalue weighted by atomic mass is 9.95. The Kier molecular flexibility index (Phi) is 6.60. The highest BCUT2D eigenvalue weighted by atomic mass is 16.5. The zero-order chi connectivity index (χ0) is 20.0. The van der Waals surface area contributed by atoms with Gasteiger partial charge in [-0.3, -0.25) is 9.67 Å². The van der Waals surface area contributed by atoms with Gasteiger partial charge in [-0.25, -0.2) is 0 Å². The molecule has 0 bridgehead atoms. The molecule has 6 nitrogen and oxygen atoms in total. The van der Waals surface area contributed by atoms with Crippen molar-refractivity contribution >= 4 is 5.96 Å². The van der Waals surface area contributed by atoms with Crippen LogP contribution in [0, 0.1) is 13.8 Å². The molecule has 0 saturated heterocycles. The summed E-state index contributed by atoms with van der Waals surface area (Å²) in [5.74, 6) is 1.86. The molecule has 0 atom stereocenters. The van der Waals surface area contributed by atoms with Crippen molar-refractivity contribution in [2.24, 2.45) is 4.99 Å². The van der Waals surface area contributed by atoms with Crippen molar-refractivity contribution in [3.8, 4) is 5.75 Å². The standard InChI is InChI=1S/C22H33N5O/c1-5-23-21(24-13-8-14-27-18(3)15-17(2)26-27)25-16-22(11-12-22)19-9-6-7-10-20(19)28-4/h6-7,9-10,15H,5,8,11-14,16H2,1-4H3,(H2,23,24,25). The normalized spacial score (nSPS) is 15.4. The molecular weight excluding hydrogens is 350 g/mol. The summed E-state index contributed by atoms with van der Waals surface area (Å²) in [6, 6.07) is 10.4. The van der Waals surface area contributed by atoms with Crippen molar-refractivity contribution < 1.29 is 4.74 Å². The Bertz CT molecular complexity index is 807. The maximum absolute atomic E-state index is 5.57. The third-order valence-electron chi connectivity index (χ3n) is 5.36. The Morgan fingerprint density at radius 3 is 2.68 bits per heavy atom. The second-order valence-corrected chi connectivity index (χ2v) is 7.61. The molecule has 28 heavy (non-hydrogen) atoms. The van der Waals surface area contributed by atoms with Gasteiger partial charge in [0.2, 0.25) is 0 Å². The molecule has 0 spiro atoms. The summed E-state index contributed by atoms with van der Waals surface area (Å²) in [5.41, 5.74) is 3.69. The summed E-state index contributed by atoms with van der Waals surface area (Å²) < 4.78 is 7.64. The number of aliphatic imine (C=N–C) groups is 1. The van der Waals surface area contributed by atoms with Gasteiger partial charge in [-0.05, 0) is 52.2 Å². The van der Waals surface area contributed by atoms with E-state index in [1.165, 1.54) is 11.3 Å². The van der Waals surface area contributed by atoms with Crippen LogP contribution in [-0.4, -0.2) is 42.5 Å². The number of ether oxygens (including phenoxy) is 1. The number of aromatic nitrogens is 2. The highest BCUT2D eigenvalue weighted by molar-refractivity contribution is 5.79. The van der Waals surface area contributed by atoms with Gasteiger partial charge in [-0.2, -0.15) is 5.10 Å². The predicted molar refractivity (Wildman–Crippen MR) is 114 cm³/mol. The average Bonchev–Trinajstić information content (AvgIpc) is 3.42. The molecule has 0 aliphatic heterocycles. The van der Waals surface area contributed by atoms with Gasteiger partial charge in [-0.1, -0.05) is 18.2 Å². The van der Waals surface area contributed by atoms with E-state index in [2.05, 4.69) is 52.5 Å². The maximum atomic E-state index is 5.57. The number of hydrogen-bond acceptors (Lipinski definition) is 3. The smallest absolute Gasteiger partial charge is 0.191 e. The maximum Gasteiger partial charge on any atom is 0.191 e. The summed E-state index contributed by atoms with van der Waals surface area (Å²) in [5, 5.41) is 11.3. The summed E-state index contributed by atoms with van der Waals surface area (Å²) in [6.45, 7) is 9.65. The van der Waals surface area contributed by atoms with Gasteiger partial charge >= 0.3 is 0 Å². The van der Waals surface area contributed by atoms with Crippen LogP contribution in [0.5, 0.6) is 5.75 Å². The van der Waals surface area contributed by atoms with Crippen LogP contribution < -0.4 is 15.4 Å². The Balaban J connectivity index is 1.56. The third-order valence-corrected chi connectivity index (χ3v) is 5.36. The number of para-hydroxylation sites is 1. The van der Waals surface area contributed by atoms with Gasteiger partial charge < -0.3 is 15.4 Å². The zero-order valence-electron chi connectivity index (χ0n) is 17.6. The first-order chi connectivity index (χ1) is 13.6. The van der Waals surface area contributed by atoms with Crippen molar-refractivity contribution in [2.45, 2.75) is 52.0 Å². The Morgan fingerprint density at radius 2 is 2.04 bits per heavy atom. The number of methoxy groups -OCH3 is 1. The Morgan fingerprint density at radius 1 is 1.25 bits per heavy atom. The molecule has 1 heterocycles. The molecule has 1 aromatic heterocycles. The molecule has 0 amide bonds. The first-order valence-corrected chi connectivity index (χ1v) is 10.2. The molecule has 3 rings (SSSR count). The fourth-order valence-corrected chi connectivity index (χ4v) is 3.66. The minimum absolute atomic E-state index is 0.124. The number of benzene rings is 1. The molecule has 2 aromatic rings. The SMILES string of the molecule is CCNC(=NCC1(c2ccccc2OC)CC1)NCCCn1nc(C)cc1C. The molecule has 6 heteroatoms. The predicted octanol–water partition coefficient (Wildman–Crippen LogP) is 3.19. The summed E-state index contributed by atoms with van der Waals surface area (Å²) in [4.78, 5) is 4.88. The van der Waals surface area contributed by atoms with Crippen LogP contribution in [-0.2, 0) is 12.0 Å². The monoisotopic (exact) mass is 383 g/mol. The number of nitrogens with zero attached hydrogens (tertiary/aromatic N) is 3. The first kappa shape index (κ1) is 20.2. The third kappa shape index (κ3) is 4.86. The topological polar surface area (TPSA) is 63.5 Å². The first-order valence-electron chi connectivity index (χ1n) is 10.2. The van der Waals surface area contributed by atoms with Crippen molar-refractivity contribution in [2.75, 3.05) is 26.7 Å².